The van der Waals surface area contributed by atoms with Crippen LogP contribution in [0.1, 0.15) is 36.8 Å². The molecule has 0 unspecified atom stereocenters. The van der Waals surface area contributed by atoms with E-state index in [1.807, 2.05) is 10.6 Å². The number of primary amides is 1. The first kappa shape index (κ1) is 10.7. The van der Waals surface area contributed by atoms with Crippen molar-refractivity contribution in [1.29, 1.82) is 0 Å². The summed E-state index contributed by atoms with van der Waals surface area (Å²) < 4.78 is 1.83. The van der Waals surface area contributed by atoms with Crippen molar-refractivity contribution in [3.05, 3.63) is 35.8 Å². The maximum atomic E-state index is 11.0. The molecule has 0 radical (unpaired) electrons. The van der Waals surface area contributed by atoms with Crippen molar-refractivity contribution in [3.63, 3.8) is 0 Å². The van der Waals surface area contributed by atoms with Gasteiger partial charge in [-0.2, -0.15) is 0 Å². The molecule has 4 nitrogen and oxygen atoms in total. The van der Waals surface area contributed by atoms with Gasteiger partial charge in [-0.3, -0.25) is 4.79 Å². The van der Waals surface area contributed by atoms with E-state index < -0.39 is 5.91 Å². The second-order valence-corrected chi connectivity index (χ2v) is 4.92. The van der Waals surface area contributed by atoms with Gasteiger partial charge in [0.05, 0.1) is 11.3 Å². The minimum absolute atomic E-state index is 0.00108. The van der Waals surface area contributed by atoms with E-state index in [0.717, 1.165) is 11.3 Å². The molecular formula is C12H15N3O. The summed E-state index contributed by atoms with van der Waals surface area (Å²) in [6, 6.07) is 3.49. The summed E-state index contributed by atoms with van der Waals surface area (Å²) in [6.07, 6.45) is 3.64. The van der Waals surface area contributed by atoms with Crippen LogP contribution in [0, 0.1) is 0 Å². The van der Waals surface area contributed by atoms with E-state index in [4.69, 9.17) is 5.73 Å². The fourth-order valence-electron chi connectivity index (χ4n) is 1.50. The van der Waals surface area contributed by atoms with E-state index in [1.54, 1.807) is 18.3 Å². The van der Waals surface area contributed by atoms with Crippen LogP contribution in [0.25, 0.3) is 5.65 Å². The number of carbonyl (C=O) groups is 1. The highest BCUT2D eigenvalue weighted by Gasteiger charge is 2.17. The number of aromatic nitrogens is 2. The highest BCUT2D eigenvalue weighted by Crippen LogP contribution is 2.21. The van der Waals surface area contributed by atoms with E-state index in [-0.39, 0.29) is 5.41 Å². The van der Waals surface area contributed by atoms with Crippen molar-refractivity contribution >= 4 is 11.6 Å². The SMILES string of the molecule is CC(C)(C)c1cn2cc(C(N)=O)ccc2n1. The molecule has 2 aromatic heterocycles. The largest absolute Gasteiger partial charge is 0.366 e. The van der Waals surface area contributed by atoms with Crippen molar-refractivity contribution < 1.29 is 4.79 Å². The van der Waals surface area contributed by atoms with Gasteiger partial charge in [0.25, 0.3) is 0 Å². The first-order chi connectivity index (χ1) is 7.38. The molecule has 2 rings (SSSR count). The Balaban J connectivity index is 2.59. The standard InChI is InChI=1S/C12H15N3O/c1-12(2,3)9-7-15-6-8(11(13)16)4-5-10(15)14-9/h4-7H,1-3H3,(H2,13,16). The van der Waals surface area contributed by atoms with Gasteiger partial charge >= 0.3 is 0 Å². The van der Waals surface area contributed by atoms with Crippen LogP contribution in [0.2, 0.25) is 0 Å². The van der Waals surface area contributed by atoms with Crippen LogP contribution >= 0.6 is 0 Å². The molecule has 16 heavy (non-hydrogen) atoms. The van der Waals surface area contributed by atoms with E-state index >= 15 is 0 Å². The molecule has 84 valence electrons. The molecule has 0 aromatic carbocycles. The molecule has 0 bridgehead atoms. The fourth-order valence-corrected chi connectivity index (χ4v) is 1.50. The number of carbonyl (C=O) groups excluding carboxylic acids is 1. The van der Waals surface area contributed by atoms with Gasteiger partial charge in [0.1, 0.15) is 5.65 Å². The maximum absolute atomic E-state index is 11.0. The number of pyridine rings is 1. The van der Waals surface area contributed by atoms with Gasteiger partial charge in [0.15, 0.2) is 0 Å². The Labute approximate surface area is 94.1 Å². The van der Waals surface area contributed by atoms with E-state index in [2.05, 4.69) is 25.8 Å². The monoisotopic (exact) mass is 217 g/mol. The third kappa shape index (κ3) is 1.78. The summed E-state index contributed by atoms with van der Waals surface area (Å²) in [5, 5.41) is 0. The number of nitrogens with zero attached hydrogens (tertiary/aromatic N) is 2. The van der Waals surface area contributed by atoms with Gasteiger partial charge < -0.3 is 10.1 Å². The molecule has 1 amide bonds. The van der Waals surface area contributed by atoms with E-state index in [1.165, 1.54) is 0 Å². The van der Waals surface area contributed by atoms with Crippen LogP contribution in [-0.2, 0) is 5.41 Å². The van der Waals surface area contributed by atoms with Crippen LogP contribution in [-0.4, -0.2) is 15.3 Å². The average molecular weight is 217 g/mol. The normalized spacial score (nSPS) is 11.9. The molecule has 4 heteroatoms. The Morgan fingerprint density at radius 2 is 2.00 bits per heavy atom. The first-order valence-corrected chi connectivity index (χ1v) is 5.17. The van der Waals surface area contributed by atoms with Crippen LogP contribution < -0.4 is 5.73 Å². The zero-order valence-corrected chi connectivity index (χ0v) is 9.69. The van der Waals surface area contributed by atoms with Crippen LogP contribution in [0.4, 0.5) is 0 Å². The predicted octanol–water partition coefficient (Wildman–Crippen LogP) is 1.73. The van der Waals surface area contributed by atoms with Crippen LogP contribution in [0.3, 0.4) is 0 Å². The van der Waals surface area contributed by atoms with Crippen molar-refractivity contribution in [3.8, 4) is 0 Å². The van der Waals surface area contributed by atoms with Gasteiger partial charge in [-0.05, 0) is 12.1 Å². The van der Waals surface area contributed by atoms with Crippen molar-refractivity contribution in [2.45, 2.75) is 26.2 Å². The van der Waals surface area contributed by atoms with Gasteiger partial charge in [0.2, 0.25) is 5.91 Å². The third-order valence-electron chi connectivity index (χ3n) is 2.50. The van der Waals surface area contributed by atoms with E-state index in [9.17, 15) is 4.79 Å². The number of imidazole rings is 1. The Morgan fingerprint density at radius 3 is 2.56 bits per heavy atom. The summed E-state index contributed by atoms with van der Waals surface area (Å²) in [6.45, 7) is 6.30. The molecule has 0 spiro atoms. The molecule has 2 aromatic rings. The smallest absolute Gasteiger partial charge is 0.250 e. The van der Waals surface area contributed by atoms with Crippen molar-refractivity contribution in [2.75, 3.05) is 0 Å². The molecule has 0 aliphatic carbocycles. The summed E-state index contributed by atoms with van der Waals surface area (Å²) in [4.78, 5) is 15.5. The Kier molecular flexibility index (Phi) is 2.22. The summed E-state index contributed by atoms with van der Waals surface area (Å²) in [7, 11) is 0. The molecular weight excluding hydrogens is 202 g/mol. The summed E-state index contributed by atoms with van der Waals surface area (Å²) >= 11 is 0. The van der Waals surface area contributed by atoms with Crippen LogP contribution in [0.5, 0.6) is 0 Å². The van der Waals surface area contributed by atoms with Crippen molar-refractivity contribution in [1.82, 2.24) is 9.38 Å². The molecule has 0 aliphatic rings. The number of nitrogens with two attached hydrogens (primary N) is 1. The minimum atomic E-state index is -0.423. The molecule has 0 fully saturated rings. The second kappa shape index (κ2) is 3.33. The molecule has 0 aliphatic heterocycles. The zero-order chi connectivity index (χ0) is 11.9. The lowest BCUT2D eigenvalue weighted by atomic mass is 9.93. The lowest BCUT2D eigenvalue weighted by Crippen LogP contribution is -2.11. The van der Waals surface area contributed by atoms with E-state index in [0.29, 0.717) is 5.56 Å². The fraction of sp³-hybridized carbons (Fsp3) is 0.333. The lowest BCUT2D eigenvalue weighted by molar-refractivity contribution is 0.1000. The van der Waals surface area contributed by atoms with Crippen molar-refractivity contribution in [2.24, 2.45) is 5.73 Å². The molecule has 0 atom stereocenters. The average Bonchev–Trinajstić information content (AvgIpc) is 2.58. The Morgan fingerprint density at radius 1 is 1.31 bits per heavy atom. The highest BCUT2D eigenvalue weighted by atomic mass is 16.1. The number of amides is 1. The number of rotatable bonds is 1. The predicted molar refractivity (Wildman–Crippen MR) is 62.4 cm³/mol. The van der Waals surface area contributed by atoms with Gasteiger partial charge in [0, 0.05) is 17.8 Å². The Hall–Kier alpha value is -1.84. The number of fused-ring (bicyclic) bond motifs is 1. The first-order valence-electron chi connectivity index (χ1n) is 5.17. The molecule has 0 saturated carbocycles. The zero-order valence-electron chi connectivity index (χ0n) is 9.69. The third-order valence-corrected chi connectivity index (χ3v) is 2.50. The van der Waals surface area contributed by atoms with Gasteiger partial charge in [-0.15, -0.1) is 0 Å². The summed E-state index contributed by atoms with van der Waals surface area (Å²) in [5.74, 6) is -0.423. The lowest BCUT2D eigenvalue weighted by Gasteiger charge is -2.13. The number of hydrogen-bond donors (Lipinski definition) is 1. The minimum Gasteiger partial charge on any atom is -0.366 e. The quantitative estimate of drug-likeness (QED) is 0.790. The van der Waals surface area contributed by atoms with Gasteiger partial charge in [-0.1, -0.05) is 20.8 Å². The van der Waals surface area contributed by atoms with Crippen LogP contribution in [0.15, 0.2) is 24.5 Å². The molecule has 0 saturated heterocycles. The number of hydrogen-bond acceptors (Lipinski definition) is 2. The van der Waals surface area contributed by atoms with Gasteiger partial charge in [-0.25, -0.2) is 4.98 Å². The molecule has 2 heterocycles. The maximum Gasteiger partial charge on any atom is 0.250 e. The Bertz CT molecular complexity index is 549. The topological polar surface area (TPSA) is 60.4 Å². The molecule has 2 N–H and O–H groups in total. The highest BCUT2D eigenvalue weighted by molar-refractivity contribution is 5.92. The summed E-state index contributed by atoms with van der Waals surface area (Å²) in [5.41, 5.74) is 7.54. The second-order valence-electron chi connectivity index (χ2n) is 4.92.